The highest BCUT2D eigenvalue weighted by atomic mass is 32.2. The molecule has 0 aromatic heterocycles. The van der Waals surface area contributed by atoms with Crippen molar-refractivity contribution in [2.24, 2.45) is 0 Å². The Kier molecular flexibility index (Phi) is 4.99. The van der Waals surface area contributed by atoms with Crippen LogP contribution in [0.2, 0.25) is 0 Å². The molecule has 0 bridgehead atoms. The molecule has 0 saturated carbocycles. The molecular formula is C25H27NO2S. The van der Waals surface area contributed by atoms with E-state index < -0.39 is 9.84 Å². The van der Waals surface area contributed by atoms with Crippen molar-refractivity contribution >= 4 is 15.5 Å². The molecule has 0 radical (unpaired) electrons. The van der Waals surface area contributed by atoms with Gasteiger partial charge < -0.3 is 5.32 Å². The zero-order valence-corrected chi connectivity index (χ0v) is 18.0. The van der Waals surface area contributed by atoms with Gasteiger partial charge in [0.25, 0.3) is 0 Å². The molecule has 0 aliphatic carbocycles. The van der Waals surface area contributed by atoms with Gasteiger partial charge in [-0.2, -0.15) is 0 Å². The first-order valence-corrected chi connectivity index (χ1v) is 11.6. The Labute approximate surface area is 173 Å². The van der Waals surface area contributed by atoms with Crippen molar-refractivity contribution in [2.75, 3.05) is 5.32 Å². The number of anilines is 1. The van der Waals surface area contributed by atoms with Gasteiger partial charge in [-0.1, -0.05) is 74.0 Å². The average molecular weight is 406 g/mol. The molecule has 1 N–H and O–H groups in total. The summed E-state index contributed by atoms with van der Waals surface area (Å²) in [6.07, 6.45) is 0.957. The Morgan fingerprint density at radius 2 is 1.72 bits per heavy atom. The fourth-order valence-corrected chi connectivity index (χ4v) is 5.59. The van der Waals surface area contributed by atoms with Crippen molar-refractivity contribution in [1.82, 2.24) is 0 Å². The van der Waals surface area contributed by atoms with Crippen LogP contribution in [0.15, 0.2) is 77.7 Å². The van der Waals surface area contributed by atoms with Crippen molar-refractivity contribution in [2.45, 2.75) is 49.3 Å². The zero-order chi connectivity index (χ0) is 20.6. The largest absolute Gasteiger partial charge is 0.378 e. The van der Waals surface area contributed by atoms with Crippen LogP contribution in [0.25, 0.3) is 0 Å². The molecule has 1 heterocycles. The van der Waals surface area contributed by atoms with Crippen molar-refractivity contribution in [3.63, 3.8) is 0 Å². The predicted molar refractivity (Wildman–Crippen MR) is 119 cm³/mol. The third kappa shape index (κ3) is 4.08. The predicted octanol–water partition coefficient (Wildman–Crippen LogP) is 5.80. The van der Waals surface area contributed by atoms with E-state index in [0.717, 1.165) is 17.5 Å². The van der Waals surface area contributed by atoms with Crippen LogP contribution in [0, 0.1) is 6.92 Å². The molecule has 0 amide bonds. The van der Waals surface area contributed by atoms with Crippen LogP contribution >= 0.6 is 0 Å². The fraction of sp³-hybridized carbons (Fsp3) is 0.280. The maximum Gasteiger partial charge on any atom is 0.182 e. The van der Waals surface area contributed by atoms with Gasteiger partial charge in [0.05, 0.1) is 16.7 Å². The molecule has 150 valence electrons. The van der Waals surface area contributed by atoms with Crippen molar-refractivity contribution in [3.8, 4) is 0 Å². The van der Waals surface area contributed by atoms with Crippen LogP contribution in [0.1, 0.15) is 48.6 Å². The summed E-state index contributed by atoms with van der Waals surface area (Å²) >= 11 is 0. The van der Waals surface area contributed by atoms with Crippen LogP contribution in [0.3, 0.4) is 0 Å². The van der Waals surface area contributed by atoms with Gasteiger partial charge in [0.1, 0.15) is 0 Å². The van der Waals surface area contributed by atoms with Crippen LogP contribution in [-0.2, 0) is 21.0 Å². The third-order valence-electron chi connectivity index (χ3n) is 5.76. The van der Waals surface area contributed by atoms with Gasteiger partial charge in [-0.05, 0) is 53.6 Å². The lowest BCUT2D eigenvalue weighted by Crippen LogP contribution is -2.31. The van der Waals surface area contributed by atoms with Gasteiger partial charge in [0.15, 0.2) is 9.84 Å². The van der Waals surface area contributed by atoms with Gasteiger partial charge in [0.2, 0.25) is 0 Å². The minimum atomic E-state index is -3.36. The van der Waals surface area contributed by atoms with E-state index in [9.17, 15) is 8.42 Å². The molecule has 1 aliphatic heterocycles. The number of hydrogen-bond acceptors (Lipinski definition) is 3. The number of nitrogens with one attached hydrogen (secondary N) is 1. The SMILES string of the molecule is Cc1ccc2c(c1)C(C)(C)CC(c1cccc(CS(=O)(=O)c3ccccc3)c1)N2. The first-order chi connectivity index (χ1) is 13.7. The van der Waals surface area contributed by atoms with Gasteiger partial charge in [-0.25, -0.2) is 8.42 Å². The van der Waals surface area contributed by atoms with Gasteiger partial charge in [0, 0.05) is 5.69 Å². The van der Waals surface area contributed by atoms with Crippen molar-refractivity contribution in [1.29, 1.82) is 0 Å². The van der Waals surface area contributed by atoms with E-state index >= 15 is 0 Å². The van der Waals surface area contributed by atoms with Crippen LogP contribution in [0.4, 0.5) is 5.69 Å². The number of aryl methyl sites for hydroxylation is 1. The Bertz CT molecular complexity index is 1130. The maximum atomic E-state index is 12.8. The lowest BCUT2D eigenvalue weighted by molar-refractivity contribution is 0.427. The van der Waals surface area contributed by atoms with E-state index in [4.69, 9.17) is 0 Å². The third-order valence-corrected chi connectivity index (χ3v) is 7.46. The van der Waals surface area contributed by atoms with Crippen LogP contribution in [-0.4, -0.2) is 8.42 Å². The molecule has 0 spiro atoms. The summed E-state index contributed by atoms with van der Waals surface area (Å²) in [5.41, 5.74) is 5.77. The molecule has 3 nitrogen and oxygen atoms in total. The molecule has 0 saturated heterocycles. The quantitative estimate of drug-likeness (QED) is 0.596. The smallest absolute Gasteiger partial charge is 0.182 e. The minimum Gasteiger partial charge on any atom is -0.378 e. The number of benzene rings is 3. The molecule has 4 heteroatoms. The van der Waals surface area contributed by atoms with Gasteiger partial charge >= 0.3 is 0 Å². The topological polar surface area (TPSA) is 46.2 Å². The number of hydrogen-bond donors (Lipinski definition) is 1. The second-order valence-corrected chi connectivity index (χ2v) is 10.6. The lowest BCUT2D eigenvalue weighted by Gasteiger charge is -2.39. The summed E-state index contributed by atoms with van der Waals surface area (Å²) < 4.78 is 25.5. The van der Waals surface area contributed by atoms with Gasteiger partial charge in [-0.15, -0.1) is 0 Å². The molecule has 1 atom stereocenters. The Hall–Kier alpha value is -2.59. The lowest BCUT2D eigenvalue weighted by atomic mass is 9.73. The monoisotopic (exact) mass is 405 g/mol. The summed E-state index contributed by atoms with van der Waals surface area (Å²) in [6.45, 7) is 6.69. The minimum absolute atomic E-state index is 0.0107. The first-order valence-electron chi connectivity index (χ1n) is 9.99. The van der Waals surface area contributed by atoms with E-state index in [-0.39, 0.29) is 17.2 Å². The Morgan fingerprint density at radius 3 is 2.48 bits per heavy atom. The first kappa shape index (κ1) is 19.7. The standard InChI is InChI=1S/C25H27NO2S/c1-18-12-13-23-22(14-18)25(2,3)16-24(26-23)20-9-7-8-19(15-20)17-29(27,28)21-10-5-4-6-11-21/h4-15,24,26H,16-17H2,1-3H3. The molecular weight excluding hydrogens is 378 g/mol. The van der Waals surface area contributed by atoms with Crippen molar-refractivity contribution in [3.05, 3.63) is 95.1 Å². The fourth-order valence-electron chi connectivity index (χ4n) is 4.23. The van der Waals surface area contributed by atoms with Crippen LogP contribution in [0.5, 0.6) is 0 Å². The number of fused-ring (bicyclic) bond motifs is 1. The maximum absolute atomic E-state index is 12.8. The second kappa shape index (κ2) is 7.34. The zero-order valence-electron chi connectivity index (χ0n) is 17.1. The van der Waals surface area contributed by atoms with E-state index in [1.165, 1.54) is 16.8 Å². The second-order valence-electron chi connectivity index (χ2n) is 8.65. The van der Waals surface area contributed by atoms with E-state index in [1.54, 1.807) is 24.3 Å². The summed E-state index contributed by atoms with van der Waals surface area (Å²) in [5, 5.41) is 3.67. The van der Waals surface area contributed by atoms with Crippen LogP contribution < -0.4 is 5.32 Å². The number of sulfone groups is 1. The molecule has 1 unspecified atom stereocenters. The highest BCUT2D eigenvalue weighted by Gasteiger charge is 2.33. The van der Waals surface area contributed by atoms with Gasteiger partial charge in [-0.3, -0.25) is 0 Å². The summed E-state index contributed by atoms with van der Waals surface area (Å²) in [5.74, 6) is 0.0107. The average Bonchev–Trinajstić information content (AvgIpc) is 2.69. The molecule has 4 rings (SSSR count). The van der Waals surface area contributed by atoms with E-state index in [0.29, 0.717) is 4.90 Å². The Balaban J connectivity index is 1.62. The molecule has 0 fully saturated rings. The molecule has 29 heavy (non-hydrogen) atoms. The molecule has 3 aromatic rings. The normalized spacial score (nSPS) is 18.0. The number of rotatable bonds is 4. The molecule has 1 aliphatic rings. The van der Waals surface area contributed by atoms with E-state index in [1.807, 2.05) is 24.3 Å². The highest BCUT2D eigenvalue weighted by Crippen LogP contribution is 2.44. The van der Waals surface area contributed by atoms with Crippen molar-refractivity contribution < 1.29 is 8.42 Å². The highest BCUT2D eigenvalue weighted by molar-refractivity contribution is 7.90. The summed E-state index contributed by atoms with van der Waals surface area (Å²) in [4.78, 5) is 0.367. The summed E-state index contributed by atoms with van der Waals surface area (Å²) in [6, 6.07) is 23.4. The Morgan fingerprint density at radius 1 is 0.966 bits per heavy atom. The molecule has 3 aromatic carbocycles. The summed E-state index contributed by atoms with van der Waals surface area (Å²) in [7, 11) is -3.36. The van der Waals surface area contributed by atoms with E-state index in [2.05, 4.69) is 50.4 Å².